The largest absolute Gasteiger partial charge is 0.451 e. The van der Waals surface area contributed by atoms with Gasteiger partial charge in [-0.25, -0.2) is 0 Å². The monoisotopic (exact) mass is 391 g/mol. The number of benzene rings is 2. The molecular formula is C22H21N3O2S. The van der Waals surface area contributed by atoms with Crippen molar-refractivity contribution in [1.82, 2.24) is 14.7 Å². The molecule has 0 aliphatic carbocycles. The molecular weight excluding hydrogens is 370 g/mol. The molecule has 6 heteroatoms. The Kier molecular flexibility index (Phi) is 4.36. The van der Waals surface area contributed by atoms with Crippen molar-refractivity contribution in [3.05, 3.63) is 66.1 Å². The molecule has 1 amide bonds. The van der Waals surface area contributed by atoms with Crippen molar-refractivity contribution < 1.29 is 9.21 Å². The summed E-state index contributed by atoms with van der Waals surface area (Å²) in [7, 11) is 0. The van der Waals surface area contributed by atoms with Gasteiger partial charge in [0, 0.05) is 35.2 Å². The van der Waals surface area contributed by atoms with Crippen molar-refractivity contribution in [2.75, 3.05) is 19.3 Å². The Morgan fingerprint density at radius 2 is 2.04 bits per heavy atom. The Labute approximate surface area is 167 Å². The van der Waals surface area contributed by atoms with Crippen molar-refractivity contribution in [2.45, 2.75) is 18.2 Å². The predicted octanol–water partition coefficient (Wildman–Crippen LogP) is 4.73. The van der Waals surface area contributed by atoms with E-state index < -0.39 is 0 Å². The van der Waals surface area contributed by atoms with Gasteiger partial charge < -0.3 is 9.32 Å². The van der Waals surface area contributed by atoms with Crippen LogP contribution in [0.2, 0.25) is 0 Å². The number of likely N-dealkylation sites (tertiary alicyclic amines) is 1. The van der Waals surface area contributed by atoms with Crippen molar-refractivity contribution >= 4 is 39.5 Å². The molecule has 4 aromatic rings. The van der Waals surface area contributed by atoms with E-state index in [1.807, 2.05) is 53.8 Å². The fraction of sp³-hybridized carbons (Fsp3) is 0.273. The zero-order valence-corrected chi connectivity index (χ0v) is 16.5. The average molecular weight is 391 g/mol. The van der Waals surface area contributed by atoms with Crippen LogP contribution in [0.4, 0.5) is 0 Å². The molecule has 0 radical (unpaired) electrons. The SMILES string of the molecule is CSCc1c(C(=O)N2CC[C@@H](n3ncc4ccccc43)C2)oc2ccccc12. The minimum absolute atomic E-state index is 0.0146. The van der Waals surface area contributed by atoms with Crippen LogP contribution in [0.1, 0.15) is 28.6 Å². The third kappa shape index (κ3) is 2.79. The number of nitrogens with zero attached hydrogens (tertiary/aromatic N) is 3. The van der Waals surface area contributed by atoms with Crippen molar-refractivity contribution in [1.29, 1.82) is 0 Å². The number of carbonyl (C=O) groups excluding carboxylic acids is 1. The highest BCUT2D eigenvalue weighted by Crippen LogP contribution is 2.32. The summed E-state index contributed by atoms with van der Waals surface area (Å²) >= 11 is 1.70. The van der Waals surface area contributed by atoms with Gasteiger partial charge in [0.05, 0.1) is 17.8 Å². The minimum Gasteiger partial charge on any atom is -0.451 e. The Balaban J connectivity index is 1.44. The summed E-state index contributed by atoms with van der Waals surface area (Å²) in [6.07, 6.45) is 4.84. The lowest BCUT2D eigenvalue weighted by Gasteiger charge is -2.16. The van der Waals surface area contributed by atoms with E-state index in [-0.39, 0.29) is 11.9 Å². The maximum atomic E-state index is 13.3. The third-order valence-corrected chi connectivity index (χ3v) is 6.06. The highest BCUT2D eigenvalue weighted by Gasteiger charge is 2.32. The van der Waals surface area contributed by atoms with Gasteiger partial charge in [0.15, 0.2) is 5.76 Å². The number of fused-ring (bicyclic) bond motifs is 2. The number of para-hydroxylation sites is 2. The molecule has 5 nitrogen and oxygen atoms in total. The summed E-state index contributed by atoms with van der Waals surface area (Å²) in [5.41, 5.74) is 2.90. The van der Waals surface area contributed by atoms with Gasteiger partial charge in [0.2, 0.25) is 0 Å². The molecule has 3 heterocycles. The molecule has 1 aliphatic heterocycles. The average Bonchev–Trinajstić information content (AvgIpc) is 3.44. The number of hydrogen-bond donors (Lipinski definition) is 0. The Bertz CT molecular complexity index is 1160. The molecule has 1 fully saturated rings. The number of aromatic nitrogens is 2. The van der Waals surface area contributed by atoms with Gasteiger partial charge in [-0.2, -0.15) is 16.9 Å². The van der Waals surface area contributed by atoms with Crippen LogP contribution < -0.4 is 0 Å². The van der Waals surface area contributed by atoms with Crippen molar-refractivity contribution in [2.24, 2.45) is 0 Å². The molecule has 5 rings (SSSR count). The Morgan fingerprint density at radius 1 is 1.21 bits per heavy atom. The van der Waals surface area contributed by atoms with Crippen LogP contribution in [0.25, 0.3) is 21.9 Å². The van der Waals surface area contributed by atoms with Gasteiger partial charge in [-0.05, 0) is 24.8 Å². The lowest BCUT2D eigenvalue weighted by molar-refractivity contribution is 0.0757. The normalized spacial score (nSPS) is 17.0. The van der Waals surface area contributed by atoms with E-state index >= 15 is 0 Å². The number of hydrogen-bond acceptors (Lipinski definition) is 4. The van der Waals surface area contributed by atoms with E-state index in [1.165, 1.54) is 0 Å². The second-order valence-electron chi connectivity index (χ2n) is 7.18. The summed E-state index contributed by atoms with van der Waals surface area (Å²) in [5.74, 6) is 1.24. The molecule has 0 spiro atoms. The Morgan fingerprint density at radius 3 is 2.93 bits per heavy atom. The molecule has 2 aromatic heterocycles. The summed E-state index contributed by atoms with van der Waals surface area (Å²) in [6.45, 7) is 1.37. The summed E-state index contributed by atoms with van der Waals surface area (Å²) < 4.78 is 8.05. The van der Waals surface area contributed by atoms with E-state index in [0.29, 0.717) is 18.8 Å². The van der Waals surface area contributed by atoms with Crippen LogP contribution >= 0.6 is 11.8 Å². The quantitative estimate of drug-likeness (QED) is 0.504. The molecule has 0 N–H and O–H groups in total. The van der Waals surface area contributed by atoms with Crippen LogP contribution in [-0.4, -0.2) is 39.9 Å². The van der Waals surface area contributed by atoms with E-state index in [2.05, 4.69) is 21.9 Å². The smallest absolute Gasteiger partial charge is 0.290 e. The van der Waals surface area contributed by atoms with E-state index in [4.69, 9.17) is 4.42 Å². The maximum Gasteiger partial charge on any atom is 0.290 e. The highest BCUT2D eigenvalue weighted by atomic mass is 32.2. The lowest BCUT2D eigenvalue weighted by atomic mass is 10.1. The first-order chi connectivity index (χ1) is 13.8. The second kappa shape index (κ2) is 7.02. The van der Waals surface area contributed by atoms with Gasteiger partial charge in [-0.15, -0.1) is 0 Å². The number of furan rings is 1. The standard InChI is InChI=1S/C22H21N3O2S/c1-28-14-18-17-7-3-5-9-20(17)27-21(18)22(26)24-11-10-16(13-24)25-19-8-4-2-6-15(19)12-23-25/h2-9,12,16H,10-11,13-14H2,1H3/t16-/m1/s1. The molecule has 0 bridgehead atoms. The summed E-state index contributed by atoms with van der Waals surface area (Å²) in [6, 6.07) is 16.3. The molecule has 1 atom stereocenters. The van der Waals surface area contributed by atoms with Crippen LogP contribution in [0.5, 0.6) is 0 Å². The molecule has 0 unspecified atom stereocenters. The molecule has 28 heavy (non-hydrogen) atoms. The van der Waals surface area contributed by atoms with Crippen LogP contribution in [0.15, 0.2) is 59.1 Å². The second-order valence-corrected chi connectivity index (χ2v) is 8.05. The first kappa shape index (κ1) is 17.4. The third-order valence-electron chi connectivity index (χ3n) is 5.48. The van der Waals surface area contributed by atoms with Crippen LogP contribution in [-0.2, 0) is 5.75 Å². The molecule has 0 saturated carbocycles. The minimum atomic E-state index is -0.0146. The zero-order valence-electron chi connectivity index (χ0n) is 15.7. The number of thioether (sulfide) groups is 1. The molecule has 2 aromatic carbocycles. The van der Waals surface area contributed by atoms with E-state index in [9.17, 15) is 4.79 Å². The van der Waals surface area contributed by atoms with Gasteiger partial charge in [0.25, 0.3) is 5.91 Å². The predicted molar refractivity (Wildman–Crippen MR) is 113 cm³/mol. The molecule has 1 aliphatic rings. The van der Waals surface area contributed by atoms with Crippen LogP contribution in [0.3, 0.4) is 0 Å². The maximum absolute atomic E-state index is 13.3. The first-order valence-corrected chi connectivity index (χ1v) is 10.9. The van der Waals surface area contributed by atoms with E-state index in [0.717, 1.165) is 39.6 Å². The Hall–Kier alpha value is -2.73. The van der Waals surface area contributed by atoms with Gasteiger partial charge in [0.1, 0.15) is 5.58 Å². The number of carbonyl (C=O) groups is 1. The number of amides is 1. The summed E-state index contributed by atoms with van der Waals surface area (Å²) in [4.78, 5) is 15.2. The fourth-order valence-electron chi connectivity index (χ4n) is 4.11. The highest BCUT2D eigenvalue weighted by molar-refractivity contribution is 7.97. The fourth-order valence-corrected chi connectivity index (χ4v) is 4.69. The first-order valence-electron chi connectivity index (χ1n) is 9.47. The van der Waals surface area contributed by atoms with Gasteiger partial charge in [-0.3, -0.25) is 9.48 Å². The zero-order chi connectivity index (χ0) is 19.1. The van der Waals surface area contributed by atoms with Gasteiger partial charge in [-0.1, -0.05) is 36.4 Å². The van der Waals surface area contributed by atoms with Crippen molar-refractivity contribution in [3.63, 3.8) is 0 Å². The van der Waals surface area contributed by atoms with Gasteiger partial charge >= 0.3 is 0 Å². The van der Waals surface area contributed by atoms with Crippen LogP contribution in [0, 0.1) is 0 Å². The topological polar surface area (TPSA) is 51.3 Å². The van der Waals surface area contributed by atoms with Crippen molar-refractivity contribution in [3.8, 4) is 0 Å². The van der Waals surface area contributed by atoms with E-state index in [1.54, 1.807) is 11.8 Å². The number of rotatable bonds is 4. The lowest BCUT2D eigenvalue weighted by Crippen LogP contribution is -2.29. The molecule has 142 valence electrons. The molecule has 1 saturated heterocycles. The summed E-state index contributed by atoms with van der Waals surface area (Å²) in [5, 5.41) is 6.74.